The summed E-state index contributed by atoms with van der Waals surface area (Å²) >= 11 is 0. The highest BCUT2D eigenvalue weighted by Crippen LogP contribution is 2.29. The summed E-state index contributed by atoms with van der Waals surface area (Å²) in [7, 11) is 0. The number of likely N-dealkylation sites (tertiary alicyclic amines) is 1. The van der Waals surface area contributed by atoms with Crippen molar-refractivity contribution in [2.24, 2.45) is 0 Å². The van der Waals surface area contributed by atoms with E-state index in [2.05, 4.69) is 56.0 Å². The zero-order chi connectivity index (χ0) is 12.5. The molecule has 1 saturated heterocycles. The maximum absolute atomic E-state index is 8.59. The number of nitrogens with zero attached hydrogens (tertiary/aromatic N) is 2. The topological polar surface area (TPSA) is 27.0 Å². The molecule has 2 rings (SSSR count). The number of rotatable bonds is 2. The number of nitriles is 1. The van der Waals surface area contributed by atoms with E-state index < -0.39 is 0 Å². The molecule has 2 nitrogen and oxygen atoms in total. The summed E-state index contributed by atoms with van der Waals surface area (Å²) in [5.74, 6) is 0.623. The first-order valence-electron chi connectivity index (χ1n) is 6.20. The molecule has 1 aromatic carbocycles. The Morgan fingerprint density at radius 1 is 1.24 bits per heavy atom. The molecule has 1 aromatic rings. The van der Waals surface area contributed by atoms with Gasteiger partial charge in [-0.2, -0.15) is 5.26 Å². The van der Waals surface area contributed by atoms with Crippen LogP contribution >= 0.6 is 0 Å². The third-order valence-electron chi connectivity index (χ3n) is 3.50. The average Bonchev–Trinajstić information content (AvgIpc) is 2.22. The SMILES string of the molecule is CC(C)(C)c1ccc(C2CN(CC#N)C2)cc1. The minimum Gasteiger partial charge on any atom is -0.289 e. The first kappa shape index (κ1) is 12.1. The molecular weight excluding hydrogens is 208 g/mol. The quantitative estimate of drug-likeness (QED) is 0.728. The van der Waals surface area contributed by atoms with E-state index in [-0.39, 0.29) is 5.41 Å². The highest BCUT2D eigenvalue weighted by atomic mass is 15.2. The van der Waals surface area contributed by atoms with E-state index in [1.54, 1.807) is 0 Å². The predicted molar refractivity (Wildman–Crippen MR) is 69.9 cm³/mol. The molecule has 17 heavy (non-hydrogen) atoms. The smallest absolute Gasteiger partial charge is 0.0866 e. The molecule has 0 N–H and O–H groups in total. The minimum atomic E-state index is 0.227. The molecule has 2 heteroatoms. The third kappa shape index (κ3) is 2.68. The molecule has 0 radical (unpaired) electrons. The lowest BCUT2D eigenvalue weighted by Crippen LogP contribution is -2.44. The number of hydrogen-bond acceptors (Lipinski definition) is 2. The molecule has 0 amide bonds. The van der Waals surface area contributed by atoms with Crippen molar-refractivity contribution in [2.45, 2.75) is 32.1 Å². The van der Waals surface area contributed by atoms with Gasteiger partial charge in [-0.05, 0) is 16.5 Å². The molecule has 0 spiro atoms. The fourth-order valence-electron chi connectivity index (χ4n) is 2.27. The second kappa shape index (κ2) is 4.50. The molecule has 0 unspecified atom stereocenters. The van der Waals surface area contributed by atoms with Gasteiger partial charge in [-0.25, -0.2) is 0 Å². The summed E-state index contributed by atoms with van der Waals surface area (Å²) in [5, 5.41) is 8.59. The van der Waals surface area contributed by atoms with Gasteiger partial charge in [0.15, 0.2) is 0 Å². The Labute approximate surface area is 104 Å². The van der Waals surface area contributed by atoms with E-state index in [1.165, 1.54) is 11.1 Å². The average molecular weight is 228 g/mol. The molecule has 1 heterocycles. The molecule has 1 aliphatic rings. The van der Waals surface area contributed by atoms with Crippen molar-refractivity contribution in [1.82, 2.24) is 4.90 Å². The van der Waals surface area contributed by atoms with E-state index in [9.17, 15) is 0 Å². The van der Waals surface area contributed by atoms with Crippen molar-refractivity contribution < 1.29 is 0 Å². The highest BCUT2D eigenvalue weighted by Gasteiger charge is 2.27. The summed E-state index contributed by atoms with van der Waals surface area (Å²) < 4.78 is 0. The van der Waals surface area contributed by atoms with Gasteiger partial charge in [-0.1, -0.05) is 45.0 Å². The zero-order valence-electron chi connectivity index (χ0n) is 10.9. The van der Waals surface area contributed by atoms with Gasteiger partial charge in [0.1, 0.15) is 0 Å². The summed E-state index contributed by atoms with van der Waals surface area (Å²) in [5.41, 5.74) is 3.02. The lowest BCUT2D eigenvalue weighted by Gasteiger charge is -2.38. The van der Waals surface area contributed by atoms with Gasteiger partial charge in [0.2, 0.25) is 0 Å². The molecule has 0 bridgehead atoms. The monoisotopic (exact) mass is 228 g/mol. The molecule has 0 aliphatic carbocycles. The van der Waals surface area contributed by atoms with Crippen molar-refractivity contribution in [2.75, 3.05) is 19.6 Å². The van der Waals surface area contributed by atoms with Crippen LogP contribution < -0.4 is 0 Å². The second-order valence-corrected chi connectivity index (χ2v) is 5.92. The molecule has 0 aromatic heterocycles. The Bertz CT molecular complexity index is 414. The molecular formula is C15H20N2. The number of hydrogen-bond donors (Lipinski definition) is 0. The van der Waals surface area contributed by atoms with Crippen molar-refractivity contribution in [3.05, 3.63) is 35.4 Å². The molecule has 0 saturated carbocycles. The van der Waals surface area contributed by atoms with E-state index in [0.29, 0.717) is 12.5 Å². The number of benzene rings is 1. The van der Waals surface area contributed by atoms with Gasteiger partial charge in [0.05, 0.1) is 12.6 Å². The van der Waals surface area contributed by atoms with Crippen LogP contribution in [0.25, 0.3) is 0 Å². The van der Waals surface area contributed by atoms with Crippen molar-refractivity contribution >= 4 is 0 Å². The van der Waals surface area contributed by atoms with E-state index >= 15 is 0 Å². The van der Waals surface area contributed by atoms with Crippen LogP contribution in [-0.2, 0) is 5.41 Å². The van der Waals surface area contributed by atoms with Crippen LogP contribution in [0.15, 0.2) is 24.3 Å². The van der Waals surface area contributed by atoms with Crippen LogP contribution in [0.5, 0.6) is 0 Å². The lowest BCUT2D eigenvalue weighted by molar-refractivity contribution is 0.169. The van der Waals surface area contributed by atoms with Gasteiger partial charge >= 0.3 is 0 Å². The van der Waals surface area contributed by atoms with Crippen LogP contribution in [0.4, 0.5) is 0 Å². The van der Waals surface area contributed by atoms with Gasteiger partial charge in [-0.15, -0.1) is 0 Å². The van der Waals surface area contributed by atoms with Crippen molar-refractivity contribution in [1.29, 1.82) is 5.26 Å². The maximum Gasteiger partial charge on any atom is 0.0866 e. The highest BCUT2D eigenvalue weighted by molar-refractivity contribution is 5.31. The van der Waals surface area contributed by atoms with Gasteiger partial charge in [0.25, 0.3) is 0 Å². The minimum absolute atomic E-state index is 0.227. The zero-order valence-corrected chi connectivity index (χ0v) is 10.9. The predicted octanol–water partition coefficient (Wildman–Crippen LogP) is 2.91. The van der Waals surface area contributed by atoms with Gasteiger partial charge < -0.3 is 0 Å². The van der Waals surface area contributed by atoms with E-state index in [1.807, 2.05) is 0 Å². The summed E-state index contributed by atoms with van der Waals surface area (Å²) in [6, 6.07) is 11.2. The van der Waals surface area contributed by atoms with Crippen LogP contribution in [0.3, 0.4) is 0 Å². The van der Waals surface area contributed by atoms with Crippen LogP contribution in [-0.4, -0.2) is 24.5 Å². The largest absolute Gasteiger partial charge is 0.289 e. The van der Waals surface area contributed by atoms with E-state index in [4.69, 9.17) is 5.26 Å². The molecule has 0 atom stereocenters. The van der Waals surface area contributed by atoms with Crippen LogP contribution in [0.2, 0.25) is 0 Å². The summed E-state index contributed by atoms with van der Waals surface area (Å²) in [4.78, 5) is 2.18. The van der Waals surface area contributed by atoms with Crippen molar-refractivity contribution in [3.8, 4) is 6.07 Å². The van der Waals surface area contributed by atoms with E-state index in [0.717, 1.165) is 13.1 Å². The van der Waals surface area contributed by atoms with Gasteiger partial charge in [-0.3, -0.25) is 4.90 Å². The normalized spacial score (nSPS) is 17.5. The Hall–Kier alpha value is -1.33. The molecule has 1 fully saturated rings. The Balaban J connectivity index is 1.99. The lowest BCUT2D eigenvalue weighted by atomic mass is 9.84. The van der Waals surface area contributed by atoms with Crippen LogP contribution in [0.1, 0.15) is 37.8 Å². The Morgan fingerprint density at radius 3 is 2.29 bits per heavy atom. The van der Waals surface area contributed by atoms with Crippen LogP contribution in [0, 0.1) is 11.3 Å². The summed E-state index contributed by atoms with van der Waals surface area (Å²) in [6.45, 7) is 9.33. The standard InChI is InChI=1S/C15H20N2/c1-15(2,3)14-6-4-12(5-7-14)13-10-17(11-13)9-8-16/h4-7,13H,9-11H2,1-3H3. The summed E-state index contributed by atoms with van der Waals surface area (Å²) in [6.07, 6.45) is 0. The third-order valence-corrected chi connectivity index (χ3v) is 3.50. The van der Waals surface area contributed by atoms with Gasteiger partial charge in [0, 0.05) is 19.0 Å². The fourth-order valence-corrected chi connectivity index (χ4v) is 2.27. The Kier molecular flexibility index (Phi) is 3.22. The molecule has 1 aliphatic heterocycles. The second-order valence-electron chi connectivity index (χ2n) is 5.92. The molecule has 90 valence electrons. The maximum atomic E-state index is 8.59. The first-order chi connectivity index (χ1) is 8.00. The Morgan fingerprint density at radius 2 is 1.82 bits per heavy atom. The van der Waals surface area contributed by atoms with Crippen molar-refractivity contribution in [3.63, 3.8) is 0 Å². The fraction of sp³-hybridized carbons (Fsp3) is 0.533. The first-order valence-corrected chi connectivity index (χ1v) is 6.20.